The number of fused-ring (bicyclic) bond motifs is 1. The molecule has 0 aromatic carbocycles. The topological polar surface area (TPSA) is 92.3 Å². The summed E-state index contributed by atoms with van der Waals surface area (Å²) in [7, 11) is 0. The van der Waals surface area contributed by atoms with Crippen LogP contribution in [0.5, 0.6) is 0 Å². The number of nitrogens with one attached hydrogen (secondary N) is 1. The minimum absolute atomic E-state index is 0.0317. The summed E-state index contributed by atoms with van der Waals surface area (Å²) in [5.74, 6) is 0.810. The Morgan fingerprint density at radius 2 is 2.27 bits per heavy atom. The Kier molecular flexibility index (Phi) is 5.84. The van der Waals surface area contributed by atoms with Crippen LogP contribution in [-0.4, -0.2) is 40.3 Å². The molecule has 26 heavy (non-hydrogen) atoms. The van der Waals surface area contributed by atoms with Gasteiger partial charge in [-0.15, -0.1) is 0 Å². The number of hydrogen-bond acceptors (Lipinski definition) is 5. The van der Waals surface area contributed by atoms with E-state index in [2.05, 4.69) is 21.5 Å². The molecule has 7 heteroatoms. The Hall–Kier alpha value is -2.46. The third-order valence-corrected chi connectivity index (χ3v) is 4.77. The summed E-state index contributed by atoms with van der Waals surface area (Å²) >= 11 is 0. The van der Waals surface area contributed by atoms with E-state index in [1.54, 1.807) is 4.52 Å². The first-order valence-electron chi connectivity index (χ1n) is 9.18. The van der Waals surface area contributed by atoms with Crippen molar-refractivity contribution < 1.29 is 9.53 Å². The minimum Gasteiger partial charge on any atom is -0.381 e. The number of amides is 1. The highest BCUT2D eigenvalue weighted by atomic mass is 16.5. The van der Waals surface area contributed by atoms with Gasteiger partial charge in [0.15, 0.2) is 5.65 Å². The molecule has 1 N–H and O–H groups in total. The molecule has 1 aliphatic carbocycles. The fraction of sp³-hybridized carbons (Fsp3) is 0.579. The van der Waals surface area contributed by atoms with Gasteiger partial charge < -0.3 is 10.1 Å². The number of aromatic nitrogens is 3. The van der Waals surface area contributed by atoms with Gasteiger partial charge in [0.25, 0.3) is 0 Å². The van der Waals surface area contributed by atoms with Crippen molar-refractivity contribution in [3.8, 4) is 6.07 Å². The Morgan fingerprint density at radius 1 is 1.46 bits per heavy atom. The summed E-state index contributed by atoms with van der Waals surface area (Å²) in [5, 5.41) is 16.3. The standard InChI is InChI=1S/C19H25N5O2/c1-13-17(14(2)24-19(23-13)16(10-20)11-22-24)6-7-18(25)21-8-3-9-26-12-15-4-5-15/h11,15H,3-9,12H2,1-2H3,(H,21,25). The second kappa shape index (κ2) is 8.28. The van der Waals surface area contributed by atoms with Gasteiger partial charge in [0.05, 0.1) is 6.20 Å². The summed E-state index contributed by atoms with van der Waals surface area (Å²) in [6, 6.07) is 2.10. The van der Waals surface area contributed by atoms with Crippen molar-refractivity contribution >= 4 is 11.6 Å². The number of carbonyl (C=O) groups is 1. The van der Waals surface area contributed by atoms with Crippen LogP contribution in [0.1, 0.15) is 48.2 Å². The van der Waals surface area contributed by atoms with Crippen LogP contribution in [0, 0.1) is 31.1 Å². The molecule has 0 saturated heterocycles. The maximum atomic E-state index is 12.1. The number of rotatable bonds is 9. The Bertz CT molecular complexity index is 833. The van der Waals surface area contributed by atoms with E-state index in [9.17, 15) is 4.79 Å². The molecule has 0 unspecified atom stereocenters. The van der Waals surface area contributed by atoms with Gasteiger partial charge in [-0.2, -0.15) is 10.4 Å². The summed E-state index contributed by atoms with van der Waals surface area (Å²) in [6.07, 6.45) is 5.97. The highest BCUT2D eigenvalue weighted by Gasteiger charge is 2.20. The van der Waals surface area contributed by atoms with Crippen molar-refractivity contribution in [2.75, 3.05) is 19.8 Å². The number of ether oxygens (including phenoxy) is 1. The van der Waals surface area contributed by atoms with E-state index in [1.807, 2.05) is 13.8 Å². The van der Waals surface area contributed by atoms with Crippen molar-refractivity contribution in [1.29, 1.82) is 5.26 Å². The van der Waals surface area contributed by atoms with E-state index in [0.29, 0.717) is 37.2 Å². The third-order valence-electron chi connectivity index (χ3n) is 4.77. The van der Waals surface area contributed by atoms with Crippen LogP contribution in [0.4, 0.5) is 0 Å². The number of nitrogens with zero attached hydrogens (tertiary/aromatic N) is 4. The number of carbonyl (C=O) groups excluding carboxylic acids is 1. The molecule has 0 aliphatic heterocycles. The van der Waals surface area contributed by atoms with E-state index in [0.717, 1.165) is 35.9 Å². The van der Waals surface area contributed by atoms with E-state index in [-0.39, 0.29) is 5.91 Å². The zero-order chi connectivity index (χ0) is 18.5. The smallest absolute Gasteiger partial charge is 0.220 e. The molecule has 0 radical (unpaired) electrons. The molecule has 0 spiro atoms. The van der Waals surface area contributed by atoms with Gasteiger partial charge in [-0.3, -0.25) is 4.79 Å². The first-order valence-corrected chi connectivity index (χ1v) is 9.18. The number of hydrogen-bond donors (Lipinski definition) is 1. The monoisotopic (exact) mass is 355 g/mol. The first-order chi connectivity index (χ1) is 12.6. The largest absolute Gasteiger partial charge is 0.381 e. The molecular formula is C19H25N5O2. The summed E-state index contributed by atoms with van der Waals surface area (Å²) in [6.45, 7) is 6.06. The molecule has 2 aromatic rings. The van der Waals surface area contributed by atoms with Gasteiger partial charge >= 0.3 is 0 Å². The second-order valence-corrected chi connectivity index (χ2v) is 6.89. The molecule has 2 aromatic heterocycles. The molecule has 1 amide bonds. The average molecular weight is 355 g/mol. The van der Waals surface area contributed by atoms with Crippen LogP contribution < -0.4 is 5.32 Å². The maximum absolute atomic E-state index is 12.1. The zero-order valence-corrected chi connectivity index (χ0v) is 15.4. The lowest BCUT2D eigenvalue weighted by atomic mass is 10.1. The van der Waals surface area contributed by atoms with Gasteiger partial charge in [-0.25, -0.2) is 9.50 Å². The summed E-state index contributed by atoms with van der Waals surface area (Å²) in [5.41, 5.74) is 3.81. The SMILES string of the molecule is Cc1nc2c(C#N)cnn2c(C)c1CCC(=O)NCCCOCC1CC1. The Labute approximate surface area is 153 Å². The predicted molar refractivity (Wildman–Crippen MR) is 96.7 cm³/mol. The van der Waals surface area contributed by atoms with Crippen molar-refractivity contribution in [2.45, 2.75) is 46.0 Å². The fourth-order valence-electron chi connectivity index (χ4n) is 3.02. The molecule has 1 fully saturated rings. The van der Waals surface area contributed by atoms with E-state index < -0.39 is 0 Å². The number of aryl methyl sites for hydroxylation is 2. The molecule has 2 heterocycles. The summed E-state index contributed by atoms with van der Waals surface area (Å²) < 4.78 is 7.24. The maximum Gasteiger partial charge on any atom is 0.220 e. The molecule has 7 nitrogen and oxygen atoms in total. The zero-order valence-electron chi connectivity index (χ0n) is 15.4. The number of nitriles is 1. The molecule has 0 bridgehead atoms. The van der Waals surface area contributed by atoms with Crippen molar-refractivity contribution in [1.82, 2.24) is 19.9 Å². The van der Waals surface area contributed by atoms with E-state index in [1.165, 1.54) is 19.0 Å². The Morgan fingerprint density at radius 3 is 3.00 bits per heavy atom. The van der Waals surface area contributed by atoms with E-state index in [4.69, 9.17) is 10.00 Å². The fourth-order valence-corrected chi connectivity index (χ4v) is 3.02. The van der Waals surface area contributed by atoms with Crippen LogP contribution in [0.3, 0.4) is 0 Å². The second-order valence-electron chi connectivity index (χ2n) is 6.89. The molecule has 1 saturated carbocycles. The van der Waals surface area contributed by atoms with Gasteiger partial charge in [0.1, 0.15) is 11.6 Å². The lowest BCUT2D eigenvalue weighted by molar-refractivity contribution is -0.121. The normalized spacial score (nSPS) is 13.7. The van der Waals surface area contributed by atoms with Crippen LogP contribution in [0.25, 0.3) is 5.65 Å². The van der Waals surface area contributed by atoms with Gasteiger partial charge in [-0.1, -0.05) is 0 Å². The van der Waals surface area contributed by atoms with Gasteiger partial charge in [0, 0.05) is 37.6 Å². The predicted octanol–water partition coefficient (Wildman–Crippen LogP) is 2.08. The molecular weight excluding hydrogens is 330 g/mol. The van der Waals surface area contributed by atoms with Crippen LogP contribution >= 0.6 is 0 Å². The molecule has 138 valence electrons. The van der Waals surface area contributed by atoms with Crippen molar-refractivity contribution in [3.05, 3.63) is 28.7 Å². The third kappa shape index (κ3) is 4.38. The van der Waals surface area contributed by atoms with Crippen LogP contribution in [-0.2, 0) is 16.0 Å². The van der Waals surface area contributed by atoms with E-state index >= 15 is 0 Å². The minimum atomic E-state index is 0.0317. The molecule has 1 aliphatic rings. The summed E-state index contributed by atoms with van der Waals surface area (Å²) in [4.78, 5) is 16.6. The Balaban J connectivity index is 1.47. The lowest BCUT2D eigenvalue weighted by Gasteiger charge is -2.11. The quantitative estimate of drug-likeness (QED) is 0.695. The van der Waals surface area contributed by atoms with Gasteiger partial charge in [0.2, 0.25) is 5.91 Å². The first kappa shape index (κ1) is 18.3. The van der Waals surface area contributed by atoms with Gasteiger partial charge in [-0.05, 0) is 51.0 Å². The van der Waals surface area contributed by atoms with Crippen molar-refractivity contribution in [2.24, 2.45) is 5.92 Å². The van der Waals surface area contributed by atoms with Crippen LogP contribution in [0.15, 0.2) is 6.20 Å². The lowest BCUT2D eigenvalue weighted by Crippen LogP contribution is -2.25. The van der Waals surface area contributed by atoms with Crippen molar-refractivity contribution in [3.63, 3.8) is 0 Å². The average Bonchev–Trinajstić information content (AvgIpc) is 3.36. The molecule has 0 atom stereocenters. The molecule has 3 rings (SSSR count). The van der Waals surface area contributed by atoms with Crippen LogP contribution in [0.2, 0.25) is 0 Å². The highest BCUT2D eigenvalue weighted by Crippen LogP contribution is 2.28. The highest BCUT2D eigenvalue weighted by molar-refractivity contribution is 5.76.